The second-order valence-electron chi connectivity index (χ2n) is 6.16. The Morgan fingerprint density at radius 1 is 1.16 bits per heavy atom. The Hall–Kier alpha value is -1.55. The van der Waals surface area contributed by atoms with E-state index in [-0.39, 0.29) is 5.91 Å². The average Bonchev–Trinajstić information content (AvgIpc) is 2.20. The summed E-state index contributed by atoms with van der Waals surface area (Å²) in [5.74, 6) is -0.226. The molecular weight excluding hydrogens is 240 g/mol. The highest BCUT2D eigenvalue weighted by Crippen LogP contribution is 2.23. The van der Waals surface area contributed by atoms with Crippen molar-refractivity contribution in [3.63, 3.8) is 0 Å². The van der Waals surface area contributed by atoms with Crippen LogP contribution in [0, 0.1) is 13.8 Å². The number of amides is 1. The summed E-state index contributed by atoms with van der Waals surface area (Å²) in [5, 5.41) is 12.9. The molecule has 0 saturated carbocycles. The van der Waals surface area contributed by atoms with E-state index in [4.69, 9.17) is 5.73 Å². The summed E-state index contributed by atoms with van der Waals surface area (Å²) in [4.78, 5) is 12.3. The molecule has 1 aromatic carbocycles. The molecule has 0 bridgehead atoms. The number of benzene rings is 1. The van der Waals surface area contributed by atoms with E-state index in [9.17, 15) is 9.90 Å². The van der Waals surface area contributed by atoms with E-state index in [1.807, 2.05) is 19.9 Å². The fourth-order valence-corrected chi connectivity index (χ4v) is 1.62. The second-order valence-corrected chi connectivity index (χ2v) is 6.16. The van der Waals surface area contributed by atoms with Gasteiger partial charge in [-0.05, 0) is 58.7 Å². The molecule has 4 N–H and O–H groups in total. The summed E-state index contributed by atoms with van der Waals surface area (Å²) in [5.41, 5.74) is 7.05. The molecule has 0 aromatic heterocycles. The number of carbonyl (C=O) groups is 1. The monoisotopic (exact) mass is 264 g/mol. The minimum Gasteiger partial charge on any atom is -0.398 e. The van der Waals surface area contributed by atoms with Crippen LogP contribution >= 0.6 is 0 Å². The highest BCUT2D eigenvalue weighted by molar-refractivity contribution is 5.97. The van der Waals surface area contributed by atoms with E-state index >= 15 is 0 Å². The number of aryl methyl sites for hydroxylation is 2. The molecule has 4 nitrogen and oxygen atoms in total. The van der Waals surface area contributed by atoms with Crippen molar-refractivity contribution >= 4 is 11.6 Å². The van der Waals surface area contributed by atoms with Crippen LogP contribution in [0.3, 0.4) is 0 Å². The first kappa shape index (κ1) is 15.5. The van der Waals surface area contributed by atoms with Crippen molar-refractivity contribution < 1.29 is 9.90 Å². The molecule has 4 heteroatoms. The lowest BCUT2D eigenvalue weighted by Gasteiger charge is -2.38. The SMILES string of the molecule is Cc1cc(C)c(C(=O)NC(C)(C)C(C)(C)O)cc1N. The zero-order valence-corrected chi connectivity index (χ0v) is 12.6. The number of hydrogen-bond acceptors (Lipinski definition) is 3. The first-order chi connectivity index (χ1) is 8.45. The van der Waals surface area contributed by atoms with Crippen LogP contribution in [0.1, 0.15) is 49.2 Å². The standard InChI is InChI=1S/C15H24N2O2/c1-9-7-10(2)12(16)8-11(9)13(18)17-14(3,4)15(5,6)19/h7-8,19H,16H2,1-6H3,(H,17,18). The van der Waals surface area contributed by atoms with Crippen molar-refractivity contribution in [2.45, 2.75) is 52.7 Å². The summed E-state index contributed by atoms with van der Waals surface area (Å²) in [6.45, 7) is 10.7. The Morgan fingerprint density at radius 2 is 1.68 bits per heavy atom. The molecule has 0 heterocycles. The van der Waals surface area contributed by atoms with E-state index in [1.165, 1.54) is 0 Å². The molecular formula is C15H24N2O2. The van der Waals surface area contributed by atoms with Gasteiger partial charge in [0.2, 0.25) is 0 Å². The Bertz CT molecular complexity index is 500. The maximum Gasteiger partial charge on any atom is 0.252 e. The van der Waals surface area contributed by atoms with Crippen LogP contribution in [0.15, 0.2) is 12.1 Å². The second kappa shape index (κ2) is 4.85. The Kier molecular flexibility index (Phi) is 3.96. The van der Waals surface area contributed by atoms with Gasteiger partial charge in [0.15, 0.2) is 0 Å². The van der Waals surface area contributed by atoms with Crippen molar-refractivity contribution in [2.24, 2.45) is 0 Å². The molecule has 0 atom stereocenters. The molecule has 0 saturated heterocycles. The van der Waals surface area contributed by atoms with E-state index in [0.29, 0.717) is 11.3 Å². The van der Waals surface area contributed by atoms with Gasteiger partial charge >= 0.3 is 0 Å². The predicted octanol–water partition coefficient (Wildman–Crippen LogP) is 2.16. The number of carbonyl (C=O) groups excluding carboxylic acids is 1. The highest BCUT2D eigenvalue weighted by Gasteiger charge is 2.36. The van der Waals surface area contributed by atoms with E-state index in [2.05, 4.69) is 5.32 Å². The third-order valence-electron chi connectivity index (χ3n) is 3.81. The van der Waals surface area contributed by atoms with Crippen LogP contribution in [0.25, 0.3) is 0 Å². The lowest BCUT2D eigenvalue weighted by atomic mass is 9.85. The summed E-state index contributed by atoms with van der Waals surface area (Å²) in [7, 11) is 0. The van der Waals surface area contributed by atoms with Gasteiger partial charge in [0.1, 0.15) is 0 Å². The molecule has 0 aliphatic carbocycles. The van der Waals surface area contributed by atoms with Gasteiger partial charge < -0.3 is 16.2 Å². The van der Waals surface area contributed by atoms with Crippen LogP contribution in [0.5, 0.6) is 0 Å². The molecule has 19 heavy (non-hydrogen) atoms. The average molecular weight is 264 g/mol. The van der Waals surface area contributed by atoms with Crippen molar-refractivity contribution in [3.05, 3.63) is 28.8 Å². The molecule has 1 rings (SSSR count). The molecule has 0 aliphatic heterocycles. The van der Waals surface area contributed by atoms with Crippen molar-refractivity contribution in [3.8, 4) is 0 Å². The van der Waals surface area contributed by atoms with Gasteiger partial charge in [-0.2, -0.15) is 0 Å². The van der Waals surface area contributed by atoms with Gasteiger partial charge in [-0.15, -0.1) is 0 Å². The molecule has 1 aromatic rings. The Labute approximate surface area is 115 Å². The number of anilines is 1. The molecule has 0 spiro atoms. The smallest absolute Gasteiger partial charge is 0.252 e. The molecule has 0 fully saturated rings. The van der Waals surface area contributed by atoms with Crippen LogP contribution in [0.4, 0.5) is 5.69 Å². The number of rotatable bonds is 3. The van der Waals surface area contributed by atoms with Crippen LogP contribution in [0.2, 0.25) is 0 Å². The van der Waals surface area contributed by atoms with E-state index in [1.54, 1.807) is 33.8 Å². The summed E-state index contributed by atoms with van der Waals surface area (Å²) in [6, 6.07) is 3.57. The quantitative estimate of drug-likeness (QED) is 0.732. The van der Waals surface area contributed by atoms with Gasteiger partial charge in [0.05, 0.1) is 11.1 Å². The minimum atomic E-state index is -1.02. The molecule has 0 aliphatic rings. The van der Waals surface area contributed by atoms with Crippen LogP contribution in [-0.2, 0) is 0 Å². The zero-order valence-electron chi connectivity index (χ0n) is 12.6. The molecule has 1 amide bonds. The van der Waals surface area contributed by atoms with Gasteiger partial charge in [-0.3, -0.25) is 4.79 Å². The van der Waals surface area contributed by atoms with Crippen molar-refractivity contribution in [1.82, 2.24) is 5.32 Å². The summed E-state index contributed by atoms with van der Waals surface area (Å²) in [6.07, 6.45) is 0. The van der Waals surface area contributed by atoms with Gasteiger partial charge in [-0.25, -0.2) is 0 Å². The molecule has 0 radical (unpaired) electrons. The van der Waals surface area contributed by atoms with Gasteiger partial charge in [-0.1, -0.05) is 6.07 Å². The third-order valence-corrected chi connectivity index (χ3v) is 3.81. The maximum absolute atomic E-state index is 12.3. The highest BCUT2D eigenvalue weighted by atomic mass is 16.3. The van der Waals surface area contributed by atoms with Crippen molar-refractivity contribution in [2.75, 3.05) is 5.73 Å². The largest absolute Gasteiger partial charge is 0.398 e. The zero-order chi connectivity index (χ0) is 15.0. The summed E-state index contributed by atoms with van der Waals surface area (Å²) < 4.78 is 0. The topological polar surface area (TPSA) is 75.3 Å². The lowest BCUT2D eigenvalue weighted by molar-refractivity contribution is -0.00294. The Balaban J connectivity index is 3.06. The van der Waals surface area contributed by atoms with Crippen LogP contribution in [-0.4, -0.2) is 22.2 Å². The Morgan fingerprint density at radius 3 is 2.16 bits per heavy atom. The molecule has 0 unspecified atom stereocenters. The van der Waals surface area contributed by atoms with Gasteiger partial charge in [0.25, 0.3) is 5.91 Å². The van der Waals surface area contributed by atoms with E-state index < -0.39 is 11.1 Å². The first-order valence-corrected chi connectivity index (χ1v) is 6.37. The predicted molar refractivity (Wildman–Crippen MR) is 78.2 cm³/mol. The number of hydrogen-bond donors (Lipinski definition) is 3. The van der Waals surface area contributed by atoms with Crippen molar-refractivity contribution in [1.29, 1.82) is 0 Å². The number of aliphatic hydroxyl groups is 1. The maximum atomic E-state index is 12.3. The fourth-order valence-electron chi connectivity index (χ4n) is 1.62. The van der Waals surface area contributed by atoms with E-state index in [0.717, 1.165) is 11.1 Å². The van der Waals surface area contributed by atoms with Crippen LogP contribution < -0.4 is 11.1 Å². The number of nitrogens with one attached hydrogen (secondary N) is 1. The normalized spacial score (nSPS) is 12.4. The molecule has 106 valence electrons. The third kappa shape index (κ3) is 3.26. The summed E-state index contributed by atoms with van der Waals surface area (Å²) >= 11 is 0. The lowest BCUT2D eigenvalue weighted by Crippen LogP contribution is -2.57. The van der Waals surface area contributed by atoms with Gasteiger partial charge in [0, 0.05) is 11.3 Å². The number of nitrogen functional groups attached to an aromatic ring is 1. The first-order valence-electron chi connectivity index (χ1n) is 6.37. The minimum absolute atomic E-state index is 0.226. The fraction of sp³-hybridized carbons (Fsp3) is 0.533. The number of nitrogens with two attached hydrogens (primary N) is 1.